The lowest BCUT2D eigenvalue weighted by atomic mass is 9.99. The van der Waals surface area contributed by atoms with Crippen LogP contribution in [0.1, 0.15) is 32.6 Å². The van der Waals surface area contributed by atoms with Crippen LogP contribution < -0.4 is 5.32 Å². The highest BCUT2D eigenvalue weighted by atomic mass is 35.5. The lowest BCUT2D eigenvalue weighted by Gasteiger charge is -2.21. The van der Waals surface area contributed by atoms with Crippen molar-refractivity contribution in [2.24, 2.45) is 5.92 Å². The maximum Gasteiger partial charge on any atom is 0.310 e. The van der Waals surface area contributed by atoms with Crippen LogP contribution in [0.4, 0.5) is 11.4 Å². The molecule has 2 rings (SSSR count). The first-order valence-electron chi connectivity index (χ1n) is 6.29. The minimum absolute atomic E-state index is 0.0241. The van der Waals surface area contributed by atoms with Crippen molar-refractivity contribution >= 4 is 23.0 Å². The maximum absolute atomic E-state index is 11.0. The number of nitrogens with one attached hydrogen (secondary N) is 1. The molecule has 0 aliphatic heterocycles. The molecule has 0 saturated heterocycles. The molecule has 0 radical (unpaired) electrons. The number of hydrogen-bond donors (Lipinski definition) is 1. The van der Waals surface area contributed by atoms with E-state index >= 15 is 0 Å². The second kappa shape index (κ2) is 5.57. The topological polar surface area (TPSA) is 55.2 Å². The summed E-state index contributed by atoms with van der Waals surface area (Å²) in [4.78, 5) is 10.6. The predicted molar refractivity (Wildman–Crippen MR) is 73.1 cm³/mol. The van der Waals surface area contributed by atoms with Gasteiger partial charge in [-0.15, -0.1) is 0 Å². The summed E-state index contributed by atoms with van der Waals surface area (Å²) in [6, 6.07) is 5.24. The predicted octanol–water partition coefficient (Wildman–Crippen LogP) is 4.24. The fourth-order valence-corrected chi connectivity index (χ4v) is 2.88. The number of hydrogen-bond acceptors (Lipinski definition) is 3. The molecule has 18 heavy (non-hydrogen) atoms. The van der Waals surface area contributed by atoms with Gasteiger partial charge >= 0.3 is 5.69 Å². The molecule has 0 amide bonds. The van der Waals surface area contributed by atoms with Gasteiger partial charge in [-0.25, -0.2) is 0 Å². The maximum atomic E-state index is 11.0. The molecule has 0 aromatic heterocycles. The first-order valence-corrected chi connectivity index (χ1v) is 6.67. The molecule has 1 aromatic rings. The summed E-state index contributed by atoms with van der Waals surface area (Å²) < 4.78 is 0. The second-order valence-electron chi connectivity index (χ2n) is 4.87. The van der Waals surface area contributed by atoms with E-state index in [-0.39, 0.29) is 16.8 Å². The van der Waals surface area contributed by atoms with Crippen molar-refractivity contribution in [1.82, 2.24) is 0 Å². The Bertz CT molecular complexity index is 445. The number of rotatable bonds is 4. The van der Waals surface area contributed by atoms with Crippen molar-refractivity contribution in [2.45, 2.75) is 38.6 Å². The second-order valence-corrected chi connectivity index (χ2v) is 5.28. The molecule has 4 nitrogen and oxygen atoms in total. The Balaban J connectivity index is 2.17. The van der Waals surface area contributed by atoms with E-state index in [1.807, 2.05) is 0 Å². The lowest BCUT2D eigenvalue weighted by Crippen LogP contribution is -2.24. The molecular formula is C13H17ClN2O2. The third-order valence-electron chi connectivity index (χ3n) is 3.66. The van der Waals surface area contributed by atoms with Gasteiger partial charge in [-0.2, -0.15) is 0 Å². The Morgan fingerprint density at radius 1 is 1.44 bits per heavy atom. The van der Waals surface area contributed by atoms with E-state index in [1.165, 1.54) is 25.7 Å². The zero-order valence-corrected chi connectivity index (χ0v) is 11.1. The van der Waals surface area contributed by atoms with Crippen LogP contribution in [-0.2, 0) is 0 Å². The van der Waals surface area contributed by atoms with Crippen LogP contribution in [0.25, 0.3) is 0 Å². The van der Waals surface area contributed by atoms with E-state index in [2.05, 4.69) is 12.2 Å². The monoisotopic (exact) mass is 268 g/mol. The summed E-state index contributed by atoms with van der Waals surface area (Å²) in [5.41, 5.74) is 0.496. The van der Waals surface area contributed by atoms with E-state index < -0.39 is 4.92 Å². The first kappa shape index (κ1) is 13.1. The van der Waals surface area contributed by atoms with E-state index in [4.69, 9.17) is 11.6 Å². The Morgan fingerprint density at radius 3 is 2.72 bits per heavy atom. The van der Waals surface area contributed by atoms with Crippen LogP contribution in [0.5, 0.6) is 0 Å². The van der Waals surface area contributed by atoms with Gasteiger partial charge in [-0.3, -0.25) is 10.1 Å². The van der Waals surface area contributed by atoms with E-state index in [0.29, 0.717) is 11.6 Å². The molecule has 98 valence electrons. The number of nitro benzene ring substituents is 1. The smallest absolute Gasteiger partial charge is 0.310 e. The fraction of sp³-hybridized carbons (Fsp3) is 0.538. The number of para-hydroxylation sites is 1. The van der Waals surface area contributed by atoms with Gasteiger partial charge in [-0.1, -0.05) is 30.5 Å². The van der Waals surface area contributed by atoms with Crippen molar-refractivity contribution in [2.75, 3.05) is 5.32 Å². The average molecular weight is 269 g/mol. The van der Waals surface area contributed by atoms with Crippen LogP contribution >= 0.6 is 11.6 Å². The third-order valence-corrected chi connectivity index (χ3v) is 3.96. The number of nitrogens with zero attached hydrogens (tertiary/aromatic N) is 1. The van der Waals surface area contributed by atoms with E-state index in [1.54, 1.807) is 18.2 Å². The van der Waals surface area contributed by atoms with Crippen LogP contribution in [0.15, 0.2) is 18.2 Å². The molecular weight excluding hydrogens is 252 g/mol. The van der Waals surface area contributed by atoms with Gasteiger partial charge in [0.15, 0.2) is 0 Å². The molecule has 1 atom stereocenters. The highest BCUT2D eigenvalue weighted by Crippen LogP contribution is 2.35. The van der Waals surface area contributed by atoms with Gasteiger partial charge in [-0.05, 0) is 37.8 Å². The van der Waals surface area contributed by atoms with Crippen LogP contribution in [-0.4, -0.2) is 11.0 Å². The molecule has 1 aromatic carbocycles. The van der Waals surface area contributed by atoms with Gasteiger partial charge in [0.2, 0.25) is 0 Å². The number of benzene rings is 1. The summed E-state index contributed by atoms with van der Waals surface area (Å²) in [5.74, 6) is 0.601. The zero-order valence-electron chi connectivity index (χ0n) is 10.4. The average Bonchev–Trinajstić information content (AvgIpc) is 2.81. The van der Waals surface area contributed by atoms with Gasteiger partial charge < -0.3 is 5.32 Å². The van der Waals surface area contributed by atoms with Gasteiger partial charge in [0.25, 0.3) is 0 Å². The standard InChI is InChI=1S/C13H17ClN2O2/c1-9(10-5-2-3-6-10)15-12-8-4-7-11(14)13(12)16(17)18/h4,7-10,15H,2-3,5-6H2,1H3. The lowest BCUT2D eigenvalue weighted by molar-refractivity contribution is -0.383. The highest BCUT2D eigenvalue weighted by Gasteiger charge is 2.25. The molecule has 1 aliphatic carbocycles. The van der Waals surface area contributed by atoms with E-state index in [0.717, 1.165) is 0 Å². The number of nitro groups is 1. The summed E-state index contributed by atoms with van der Waals surface area (Å²) in [6.45, 7) is 2.08. The molecule has 0 heterocycles. The Kier molecular flexibility index (Phi) is 4.07. The largest absolute Gasteiger partial charge is 0.377 e. The molecule has 5 heteroatoms. The van der Waals surface area contributed by atoms with Crippen LogP contribution in [0.3, 0.4) is 0 Å². The summed E-state index contributed by atoms with van der Waals surface area (Å²) in [7, 11) is 0. The molecule has 1 saturated carbocycles. The number of halogens is 1. The van der Waals surface area contributed by atoms with Crippen LogP contribution in [0, 0.1) is 16.0 Å². The molecule has 1 N–H and O–H groups in total. The van der Waals surface area contributed by atoms with Gasteiger partial charge in [0.05, 0.1) is 4.92 Å². The van der Waals surface area contributed by atoms with E-state index in [9.17, 15) is 10.1 Å². The van der Waals surface area contributed by atoms with Crippen LogP contribution in [0.2, 0.25) is 5.02 Å². The third kappa shape index (κ3) is 2.75. The first-order chi connectivity index (χ1) is 8.59. The molecule has 1 aliphatic rings. The zero-order chi connectivity index (χ0) is 13.1. The van der Waals surface area contributed by atoms with Gasteiger partial charge in [0, 0.05) is 6.04 Å². The van der Waals surface area contributed by atoms with Crippen molar-refractivity contribution in [3.63, 3.8) is 0 Å². The molecule has 1 unspecified atom stereocenters. The Morgan fingerprint density at radius 2 is 2.11 bits per heavy atom. The van der Waals surface area contributed by atoms with Crippen molar-refractivity contribution < 1.29 is 4.92 Å². The molecule has 0 bridgehead atoms. The quantitative estimate of drug-likeness (QED) is 0.656. The summed E-state index contributed by atoms with van der Waals surface area (Å²) in [6.07, 6.45) is 4.91. The molecule has 1 fully saturated rings. The summed E-state index contributed by atoms with van der Waals surface area (Å²) in [5, 5.41) is 14.5. The summed E-state index contributed by atoms with van der Waals surface area (Å²) >= 11 is 5.89. The molecule has 0 spiro atoms. The van der Waals surface area contributed by atoms with Crippen molar-refractivity contribution in [1.29, 1.82) is 0 Å². The van der Waals surface area contributed by atoms with Gasteiger partial charge in [0.1, 0.15) is 10.7 Å². The minimum Gasteiger partial charge on any atom is -0.377 e. The number of anilines is 1. The normalized spacial score (nSPS) is 17.7. The fourth-order valence-electron chi connectivity index (χ4n) is 2.64. The van der Waals surface area contributed by atoms with Crippen molar-refractivity contribution in [3.8, 4) is 0 Å². The minimum atomic E-state index is -0.425. The highest BCUT2D eigenvalue weighted by molar-refractivity contribution is 6.33. The Labute approximate surface area is 111 Å². The SMILES string of the molecule is CC(Nc1cccc(Cl)c1[N+](=O)[O-])C1CCCC1. The Hall–Kier alpha value is -1.29. The van der Waals surface area contributed by atoms with Crippen molar-refractivity contribution in [3.05, 3.63) is 33.3 Å².